The predicted molar refractivity (Wildman–Crippen MR) is 62.1 cm³/mol. The van der Waals surface area contributed by atoms with Gasteiger partial charge in [-0.15, -0.1) is 0 Å². The van der Waals surface area contributed by atoms with E-state index in [1.54, 1.807) is 0 Å². The summed E-state index contributed by atoms with van der Waals surface area (Å²) in [7, 11) is 0. The number of amides is 1. The average molecular weight is 255 g/mol. The maximum Gasteiger partial charge on any atom is 0.254 e. The molecular formula is C13H15F2NO2. The molecule has 98 valence electrons. The first-order valence-corrected chi connectivity index (χ1v) is 5.99. The third-order valence-electron chi connectivity index (χ3n) is 3.21. The Balaban J connectivity index is 2.23. The minimum atomic E-state index is -0.768. The van der Waals surface area contributed by atoms with Crippen LogP contribution in [-0.2, 0) is 0 Å². The van der Waals surface area contributed by atoms with E-state index in [0.29, 0.717) is 6.54 Å². The maximum absolute atomic E-state index is 13.1. The van der Waals surface area contributed by atoms with Crippen LogP contribution < -0.4 is 0 Å². The van der Waals surface area contributed by atoms with Gasteiger partial charge in [-0.05, 0) is 31.4 Å². The Morgan fingerprint density at radius 2 is 1.94 bits per heavy atom. The molecule has 1 aromatic carbocycles. The van der Waals surface area contributed by atoms with Gasteiger partial charge in [0, 0.05) is 18.2 Å². The van der Waals surface area contributed by atoms with Crippen molar-refractivity contribution in [1.82, 2.24) is 4.90 Å². The molecule has 1 heterocycles. The van der Waals surface area contributed by atoms with Crippen molar-refractivity contribution in [2.75, 3.05) is 13.2 Å². The molecule has 3 nitrogen and oxygen atoms in total. The molecule has 1 aliphatic heterocycles. The SMILES string of the molecule is O=C(c1cc(F)cc(F)c1)N1CCCCC1CO. The third-order valence-corrected chi connectivity index (χ3v) is 3.21. The number of carbonyl (C=O) groups is 1. The van der Waals surface area contributed by atoms with E-state index in [2.05, 4.69) is 0 Å². The molecule has 0 radical (unpaired) electrons. The molecule has 1 aliphatic rings. The molecule has 5 heteroatoms. The highest BCUT2D eigenvalue weighted by molar-refractivity contribution is 5.94. The molecule has 0 bridgehead atoms. The molecule has 1 saturated heterocycles. The van der Waals surface area contributed by atoms with Crippen LogP contribution in [0.25, 0.3) is 0 Å². The first kappa shape index (κ1) is 13.0. The van der Waals surface area contributed by atoms with Crippen molar-refractivity contribution in [2.24, 2.45) is 0 Å². The number of carbonyl (C=O) groups excluding carboxylic acids is 1. The highest BCUT2D eigenvalue weighted by Gasteiger charge is 2.27. The summed E-state index contributed by atoms with van der Waals surface area (Å²) in [6.45, 7) is 0.395. The molecule has 1 atom stereocenters. The Kier molecular flexibility index (Phi) is 3.91. The highest BCUT2D eigenvalue weighted by Crippen LogP contribution is 2.20. The number of likely N-dealkylation sites (tertiary alicyclic amines) is 1. The molecule has 18 heavy (non-hydrogen) atoms. The summed E-state index contributed by atoms with van der Waals surface area (Å²) in [4.78, 5) is 13.7. The van der Waals surface area contributed by atoms with Crippen LogP contribution in [0.5, 0.6) is 0 Å². The van der Waals surface area contributed by atoms with Crippen LogP contribution in [0, 0.1) is 11.6 Å². The van der Waals surface area contributed by atoms with Gasteiger partial charge in [0.15, 0.2) is 0 Å². The number of nitrogens with zero attached hydrogens (tertiary/aromatic N) is 1. The Morgan fingerprint density at radius 3 is 2.56 bits per heavy atom. The summed E-state index contributed by atoms with van der Waals surface area (Å²) in [5.41, 5.74) is -0.00662. The van der Waals surface area contributed by atoms with E-state index in [1.165, 1.54) is 4.90 Å². The van der Waals surface area contributed by atoms with E-state index in [9.17, 15) is 18.7 Å². The number of aliphatic hydroxyl groups excluding tert-OH is 1. The van der Waals surface area contributed by atoms with Crippen molar-refractivity contribution in [2.45, 2.75) is 25.3 Å². The Hall–Kier alpha value is -1.49. The molecule has 1 aromatic rings. The van der Waals surface area contributed by atoms with Gasteiger partial charge >= 0.3 is 0 Å². The molecule has 0 spiro atoms. The van der Waals surface area contributed by atoms with Crippen molar-refractivity contribution in [3.05, 3.63) is 35.4 Å². The van der Waals surface area contributed by atoms with E-state index < -0.39 is 17.5 Å². The monoisotopic (exact) mass is 255 g/mol. The second kappa shape index (κ2) is 5.44. The summed E-state index contributed by atoms with van der Waals surface area (Å²) < 4.78 is 26.1. The van der Waals surface area contributed by atoms with Crippen LogP contribution in [0.2, 0.25) is 0 Å². The van der Waals surface area contributed by atoms with Crippen molar-refractivity contribution in [3.63, 3.8) is 0 Å². The number of benzene rings is 1. The number of rotatable bonds is 2. The summed E-state index contributed by atoms with van der Waals surface area (Å²) in [5, 5.41) is 9.22. The van der Waals surface area contributed by atoms with Gasteiger partial charge in [0.2, 0.25) is 0 Å². The Bertz CT molecular complexity index is 430. The number of aliphatic hydroxyl groups is 1. The first-order valence-electron chi connectivity index (χ1n) is 5.99. The van der Waals surface area contributed by atoms with Crippen molar-refractivity contribution < 1.29 is 18.7 Å². The molecule has 1 fully saturated rings. The zero-order chi connectivity index (χ0) is 13.1. The molecule has 2 rings (SSSR count). The van der Waals surface area contributed by atoms with Crippen LogP contribution in [0.3, 0.4) is 0 Å². The van der Waals surface area contributed by atoms with Crippen molar-refractivity contribution in [3.8, 4) is 0 Å². The number of hydrogen-bond donors (Lipinski definition) is 1. The standard InChI is InChI=1S/C13H15F2NO2/c14-10-5-9(6-11(15)7-10)13(18)16-4-2-1-3-12(16)8-17/h5-7,12,17H,1-4,8H2. The van der Waals surface area contributed by atoms with Crippen LogP contribution >= 0.6 is 0 Å². The fourth-order valence-corrected chi connectivity index (χ4v) is 2.30. The van der Waals surface area contributed by atoms with Gasteiger partial charge in [-0.25, -0.2) is 8.78 Å². The fraction of sp³-hybridized carbons (Fsp3) is 0.462. The van der Waals surface area contributed by atoms with Gasteiger partial charge in [0.25, 0.3) is 5.91 Å². The lowest BCUT2D eigenvalue weighted by molar-refractivity contribution is 0.0502. The quantitative estimate of drug-likeness (QED) is 0.877. The van der Waals surface area contributed by atoms with Crippen molar-refractivity contribution >= 4 is 5.91 Å². The summed E-state index contributed by atoms with van der Waals surface area (Å²) in [5.74, 6) is -1.96. The van der Waals surface area contributed by atoms with Gasteiger partial charge in [-0.3, -0.25) is 4.79 Å². The lowest BCUT2D eigenvalue weighted by Crippen LogP contribution is -2.45. The molecule has 0 aliphatic carbocycles. The summed E-state index contributed by atoms with van der Waals surface area (Å²) in [6.07, 6.45) is 2.52. The highest BCUT2D eigenvalue weighted by atomic mass is 19.1. The lowest BCUT2D eigenvalue weighted by atomic mass is 10.0. The molecular weight excluding hydrogens is 240 g/mol. The van der Waals surface area contributed by atoms with E-state index in [-0.39, 0.29) is 18.2 Å². The lowest BCUT2D eigenvalue weighted by Gasteiger charge is -2.34. The number of piperidine rings is 1. The topological polar surface area (TPSA) is 40.5 Å². The average Bonchev–Trinajstić information content (AvgIpc) is 2.36. The second-order valence-electron chi connectivity index (χ2n) is 4.49. The Labute approximate surface area is 104 Å². The minimum Gasteiger partial charge on any atom is -0.394 e. The van der Waals surface area contributed by atoms with Crippen LogP contribution in [-0.4, -0.2) is 35.1 Å². The zero-order valence-electron chi connectivity index (χ0n) is 9.90. The van der Waals surface area contributed by atoms with E-state index >= 15 is 0 Å². The normalized spacial score (nSPS) is 19.9. The largest absolute Gasteiger partial charge is 0.394 e. The number of hydrogen-bond acceptors (Lipinski definition) is 2. The summed E-state index contributed by atoms with van der Waals surface area (Å²) in [6, 6.07) is 2.52. The molecule has 1 amide bonds. The van der Waals surface area contributed by atoms with Crippen LogP contribution in [0.15, 0.2) is 18.2 Å². The second-order valence-corrected chi connectivity index (χ2v) is 4.49. The van der Waals surface area contributed by atoms with Gasteiger partial charge in [0.1, 0.15) is 11.6 Å². The van der Waals surface area contributed by atoms with Crippen LogP contribution in [0.4, 0.5) is 8.78 Å². The van der Waals surface area contributed by atoms with Gasteiger partial charge in [-0.2, -0.15) is 0 Å². The molecule has 0 aromatic heterocycles. The zero-order valence-corrected chi connectivity index (χ0v) is 9.90. The summed E-state index contributed by atoms with van der Waals surface area (Å²) >= 11 is 0. The molecule has 1 unspecified atom stereocenters. The number of halogens is 2. The Morgan fingerprint density at radius 1 is 1.28 bits per heavy atom. The van der Waals surface area contributed by atoms with Crippen molar-refractivity contribution in [1.29, 1.82) is 0 Å². The third kappa shape index (κ3) is 2.67. The predicted octanol–water partition coefficient (Wildman–Crippen LogP) is 1.95. The maximum atomic E-state index is 13.1. The van der Waals surface area contributed by atoms with E-state index in [0.717, 1.165) is 37.5 Å². The van der Waals surface area contributed by atoms with Gasteiger partial charge in [-0.1, -0.05) is 0 Å². The van der Waals surface area contributed by atoms with E-state index in [4.69, 9.17) is 0 Å². The van der Waals surface area contributed by atoms with Gasteiger partial charge < -0.3 is 10.0 Å². The molecule has 1 N–H and O–H groups in total. The van der Waals surface area contributed by atoms with E-state index in [1.807, 2.05) is 0 Å². The molecule has 0 saturated carbocycles. The minimum absolute atomic E-state index is 0.00662. The van der Waals surface area contributed by atoms with Crippen LogP contribution in [0.1, 0.15) is 29.6 Å². The van der Waals surface area contributed by atoms with Gasteiger partial charge in [0.05, 0.1) is 12.6 Å². The smallest absolute Gasteiger partial charge is 0.254 e. The fourth-order valence-electron chi connectivity index (χ4n) is 2.30. The first-order chi connectivity index (χ1) is 8.61.